The average molecular weight is 261 g/mol. The van der Waals surface area contributed by atoms with E-state index in [0.717, 1.165) is 6.33 Å². The van der Waals surface area contributed by atoms with Crippen LogP contribution in [0.5, 0.6) is 0 Å². The number of aromatic amines is 1. The second kappa shape index (κ2) is 7.49. The number of nitrogens with one attached hydrogen (secondary N) is 2. The van der Waals surface area contributed by atoms with Crippen molar-refractivity contribution in [3.8, 4) is 0 Å². The molecule has 0 unspecified atom stereocenters. The molecule has 16 heavy (non-hydrogen) atoms. The Balaban J connectivity index is 0.000000283. The van der Waals surface area contributed by atoms with E-state index >= 15 is 0 Å². The third-order valence-corrected chi connectivity index (χ3v) is 1.49. The van der Waals surface area contributed by atoms with Crippen molar-refractivity contribution in [2.24, 2.45) is 0 Å². The molecular weight excluding hydrogens is 251 g/mol. The smallest absolute Gasteiger partial charge is 0.691 e. The van der Waals surface area contributed by atoms with Crippen LogP contribution in [0.15, 0.2) is 41.5 Å². The molecule has 2 aromatic rings. The number of rotatable bonds is 0. The van der Waals surface area contributed by atoms with E-state index in [1.54, 1.807) is 0 Å². The van der Waals surface area contributed by atoms with Gasteiger partial charge in [-0.2, -0.15) is 36.4 Å². The SMILES string of the molecule is [Co+2].[NH-]c1c(N)nc[nH]c1=O.[c-]1ccccc1. The molecule has 6 heteroatoms. The van der Waals surface area contributed by atoms with Crippen LogP contribution in [0, 0.1) is 6.07 Å². The van der Waals surface area contributed by atoms with Crippen LogP contribution in [0.4, 0.5) is 11.5 Å². The van der Waals surface area contributed by atoms with E-state index in [4.69, 9.17) is 11.5 Å². The third-order valence-electron chi connectivity index (χ3n) is 1.49. The molecule has 1 aromatic heterocycles. The molecule has 4 N–H and O–H groups in total. The average Bonchev–Trinajstić information content (AvgIpc) is 2.29. The molecule has 5 nitrogen and oxygen atoms in total. The van der Waals surface area contributed by atoms with Gasteiger partial charge in [0.2, 0.25) is 5.56 Å². The Bertz CT molecular complexity index is 431. The zero-order valence-corrected chi connectivity index (χ0v) is 9.27. The number of hydrogen-bond donors (Lipinski definition) is 2. The minimum atomic E-state index is -0.512. The van der Waals surface area contributed by atoms with Crippen molar-refractivity contribution in [1.29, 1.82) is 0 Å². The first-order chi connectivity index (χ1) is 7.22. The Labute approximate surface area is 103 Å². The van der Waals surface area contributed by atoms with Gasteiger partial charge in [0.05, 0.1) is 6.33 Å². The summed E-state index contributed by atoms with van der Waals surface area (Å²) in [5.41, 5.74) is 11.2. The first-order valence-electron chi connectivity index (χ1n) is 4.17. The number of aromatic nitrogens is 2. The van der Waals surface area contributed by atoms with E-state index in [0.29, 0.717) is 0 Å². The van der Waals surface area contributed by atoms with Crippen LogP contribution in [-0.2, 0) is 16.8 Å². The molecule has 0 amide bonds. The van der Waals surface area contributed by atoms with Crippen molar-refractivity contribution in [3.05, 3.63) is 58.8 Å². The van der Waals surface area contributed by atoms with Crippen molar-refractivity contribution in [3.63, 3.8) is 0 Å². The summed E-state index contributed by atoms with van der Waals surface area (Å²) < 4.78 is 0. The Morgan fingerprint density at radius 3 is 2.25 bits per heavy atom. The number of anilines is 1. The van der Waals surface area contributed by atoms with Crippen LogP contribution < -0.4 is 11.3 Å². The molecule has 0 bridgehead atoms. The zero-order chi connectivity index (χ0) is 11.1. The fourth-order valence-corrected chi connectivity index (χ4v) is 0.755. The Kier molecular flexibility index (Phi) is 6.65. The zero-order valence-electron chi connectivity index (χ0n) is 8.23. The maximum absolute atomic E-state index is 10.5. The maximum atomic E-state index is 10.5. The molecule has 0 fully saturated rings. The summed E-state index contributed by atoms with van der Waals surface area (Å²) in [6, 6.07) is 12.5. The third kappa shape index (κ3) is 4.62. The first kappa shape index (κ1) is 14.2. The fourth-order valence-electron chi connectivity index (χ4n) is 0.755. The van der Waals surface area contributed by atoms with E-state index in [2.05, 4.69) is 16.0 Å². The topological polar surface area (TPSA) is 95.6 Å². The second-order valence-electron chi connectivity index (χ2n) is 2.57. The van der Waals surface area contributed by atoms with Crippen LogP contribution in [0.1, 0.15) is 0 Å². The predicted octanol–water partition coefficient (Wildman–Crippen LogP) is 1.52. The summed E-state index contributed by atoms with van der Waals surface area (Å²) in [6.07, 6.45) is 1.16. The van der Waals surface area contributed by atoms with Gasteiger partial charge in [-0.15, -0.1) is 0 Å². The van der Waals surface area contributed by atoms with E-state index < -0.39 is 5.56 Å². The molecule has 0 atom stereocenters. The van der Waals surface area contributed by atoms with Crippen molar-refractivity contribution >= 4 is 11.5 Å². The maximum Gasteiger partial charge on any atom is 2.00 e. The minimum absolute atomic E-state index is 0. The van der Waals surface area contributed by atoms with Crippen molar-refractivity contribution in [1.82, 2.24) is 9.97 Å². The monoisotopic (exact) mass is 261 g/mol. The molecule has 85 valence electrons. The molecule has 1 heterocycles. The van der Waals surface area contributed by atoms with Crippen LogP contribution in [0.25, 0.3) is 5.73 Å². The summed E-state index contributed by atoms with van der Waals surface area (Å²) in [6.45, 7) is 0. The summed E-state index contributed by atoms with van der Waals surface area (Å²) in [7, 11) is 0. The summed E-state index contributed by atoms with van der Waals surface area (Å²) in [5.74, 6) is -0.0428. The van der Waals surface area contributed by atoms with E-state index in [9.17, 15) is 4.79 Å². The number of H-pyrrole nitrogens is 1. The summed E-state index contributed by atoms with van der Waals surface area (Å²) >= 11 is 0. The predicted molar refractivity (Wildman–Crippen MR) is 58.5 cm³/mol. The molecular formula is C10H10CoN4O. The van der Waals surface area contributed by atoms with Crippen molar-refractivity contribution in [2.45, 2.75) is 0 Å². The molecule has 0 spiro atoms. The van der Waals surface area contributed by atoms with Gasteiger partial charge in [-0.1, -0.05) is 0 Å². The first-order valence-corrected chi connectivity index (χ1v) is 4.17. The molecule has 2 rings (SSSR count). The standard InChI is InChI=1S/C6H5.C4H5N4O.Co/c1-2-4-6-5-3-1;5-2-3(6)7-1-8-4(2)9;/h1-5H;1,5H,(H3,6,7,8,9);/q2*-1;+2. The van der Waals surface area contributed by atoms with E-state index in [1.165, 1.54) is 0 Å². The Morgan fingerprint density at radius 1 is 1.31 bits per heavy atom. The number of nitrogens with zero attached hydrogens (tertiary/aromatic N) is 1. The quantitative estimate of drug-likeness (QED) is 0.703. The largest absolute Gasteiger partial charge is 2.00 e. The van der Waals surface area contributed by atoms with Gasteiger partial charge in [0.25, 0.3) is 0 Å². The van der Waals surface area contributed by atoms with E-state index in [1.807, 2.05) is 30.3 Å². The van der Waals surface area contributed by atoms with Gasteiger partial charge in [-0.25, -0.2) is 4.98 Å². The molecule has 0 aliphatic heterocycles. The Morgan fingerprint density at radius 2 is 1.94 bits per heavy atom. The number of nitrogen functional groups attached to an aromatic ring is 1. The molecule has 0 aliphatic carbocycles. The van der Waals surface area contributed by atoms with Gasteiger partial charge >= 0.3 is 16.8 Å². The van der Waals surface area contributed by atoms with Crippen LogP contribution in [-0.4, -0.2) is 9.97 Å². The number of nitrogens with two attached hydrogens (primary N) is 1. The van der Waals surface area contributed by atoms with Gasteiger partial charge in [0.1, 0.15) is 5.82 Å². The second-order valence-corrected chi connectivity index (χ2v) is 2.57. The van der Waals surface area contributed by atoms with Crippen LogP contribution >= 0.6 is 0 Å². The van der Waals surface area contributed by atoms with Gasteiger partial charge in [0, 0.05) is 0 Å². The van der Waals surface area contributed by atoms with Gasteiger partial charge < -0.3 is 16.5 Å². The Hall–Kier alpha value is -1.79. The summed E-state index contributed by atoms with van der Waals surface area (Å²) in [5, 5.41) is 0. The normalized spacial score (nSPS) is 8.25. The van der Waals surface area contributed by atoms with Crippen LogP contribution in [0.3, 0.4) is 0 Å². The fraction of sp³-hybridized carbons (Fsp3) is 0. The molecule has 0 aliphatic rings. The van der Waals surface area contributed by atoms with Crippen LogP contribution in [0.2, 0.25) is 0 Å². The van der Waals surface area contributed by atoms with Crippen molar-refractivity contribution in [2.75, 3.05) is 5.73 Å². The van der Waals surface area contributed by atoms with E-state index in [-0.39, 0.29) is 28.3 Å². The van der Waals surface area contributed by atoms with Gasteiger partial charge in [-0.05, 0) is 5.69 Å². The van der Waals surface area contributed by atoms with Gasteiger partial charge in [-0.3, -0.25) is 4.79 Å². The number of benzene rings is 1. The molecule has 0 saturated carbocycles. The summed E-state index contributed by atoms with van der Waals surface area (Å²) in [4.78, 5) is 16.2. The molecule has 0 saturated heterocycles. The van der Waals surface area contributed by atoms with Gasteiger partial charge in [0.15, 0.2) is 0 Å². The molecule has 1 aromatic carbocycles. The minimum Gasteiger partial charge on any atom is -0.691 e. The number of hydrogen-bond acceptors (Lipinski definition) is 3. The van der Waals surface area contributed by atoms with Crippen molar-refractivity contribution < 1.29 is 16.8 Å². The molecule has 1 radical (unpaired) electrons.